The molecule has 0 unspecified atom stereocenters. The Bertz CT molecular complexity index is 383. The third-order valence-electron chi connectivity index (χ3n) is 2.01. The standard InChI is InChI=1S/C13H17FO3/c1-13(2,3)17-8-7-16-12-6-4-5-11(14)10(12)9-15/h4-6,9H,7-8H2,1-3H3. The van der Waals surface area contributed by atoms with Crippen LogP contribution in [0.5, 0.6) is 5.75 Å². The van der Waals surface area contributed by atoms with Gasteiger partial charge in [-0.1, -0.05) is 6.07 Å². The topological polar surface area (TPSA) is 35.5 Å². The zero-order valence-electron chi connectivity index (χ0n) is 10.3. The van der Waals surface area contributed by atoms with E-state index in [1.54, 1.807) is 6.07 Å². The van der Waals surface area contributed by atoms with E-state index in [4.69, 9.17) is 9.47 Å². The molecule has 0 aromatic heterocycles. The predicted octanol–water partition coefficient (Wildman–Crippen LogP) is 2.83. The van der Waals surface area contributed by atoms with Crippen molar-refractivity contribution in [3.05, 3.63) is 29.6 Å². The van der Waals surface area contributed by atoms with E-state index in [1.807, 2.05) is 20.8 Å². The summed E-state index contributed by atoms with van der Waals surface area (Å²) in [6.07, 6.45) is 0.454. The number of halogens is 1. The first-order valence-electron chi connectivity index (χ1n) is 5.44. The van der Waals surface area contributed by atoms with Crippen molar-refractivity contribution in [1.29, 1.82) is 0 Å². The van der Waals surface area contributed by atoms with Crippen LogP contribution in [0.2, 0.25) is 0 Å². The van der Waals surface area contributed by atoms with Crippen LogP contribution in [0.4, 0.5) is 4.39 Å². The molecule has 1 aromatic carbocycles. The minimum absolute atomic E-state index is 0.0525. The summed E-state index contributed by atoms with van der Waals surface area (Å²) in [5, 5.41) is 0. The monoisotopic (exact) mass is 240 g/mol. The number of carbonyl (C=O) groups is 1. The number of hydrogen-bond acceptors (Lipinski definition) is 3. The van der Waals surface area contributed by atoms with E-state index in [9.17, 15) is 9.18 Å². The van der Waals surface area contributed by atoms with E-state index in [0.717, 1.165) is 0 Å². The Balaban J connectivity index is 2.52. The molecule has 94 valence electrons. The van der Waals surface area contributed by atoms with Crippen LogP contribution in [0.15, 0.2) is 18.2 Å². The number of benzene rings is 1. The largest absolute Gasteiger partial charge is 0.490 e. The summed E-state index contributed by atoms with van der Waals surface area (Å²) in [6, 6.07) is 4.29. The minimum atomic E-state index is -0.575. The van der Waals surface area contributed by atoms with E-state index in [1.165, 1.54) is 12.1 Å². The van der Waals surface area contributed by atoms with Crippen molar-refractivity contribution in [2.24, 2.45) is 0 Å². The molecule has 0 radical (unpaired) electrons. The highest BCUT2D eigenvalue weighted by atomic mass is 19.1. The van der Waals surface area contributed by atoms with Gasteiger partial charge in [0, 0.05) is 0 Å². The first-order chi connectivity index (χ1) is 7.94. The predicted molar refractivity (Wildman–Crippen MR) is 63.0 cm³/mol. The molecule has 0 saturated carbocycles. The van der Waals surface area contributed by atoms with Crippen LogP contribution in [-0.4, -0.2) is 25.1 Å². The molecule has 0 N–H and O–H groups in total. The fraction of sp³-hybridized carbons (Fsp3) is 0.462. The summed E-state index contributed by atoms with van der Waals surface area (Å²) in [4.78, 5) is 10.7. The third-order valence-corrected chi connectivity index (χ3v) is 2.01. The molecule has 0 aliphatic heterocycles. The van der Waals surface area contributed by atoms with E-state index < -0.39 is 5.82 Å². The average Bonchev–Trinajstić information content (AvgIpc) is 2.23. The molecule has 0 atom stereocenters. The van der Waals surface area contributed by atoms with Crippen LogP contribution in [-0.2, 0) is 4.74 Å². The maximum Gasteiger partial charge on any atom is 0.156 e. The van der Waals surface area contributed by atoms with Gasteiger partial charge in [0.1, 0.15) is 18.2 Å². The Hall–Kier alpha value is -1.42. The van der Waals surface area contributed by atoms with Crippen LogP contribution < -0.4 is 4.74 Å². The molecule has 1 rings (SSSR count). The molecule has 0 spiro atoms. The molecule has 0 fully saturated rings. The Labute approximate surface area is 101 Å². The highest BCUT2D eigenvalue weighted by Crippen LogP contribution is 2.19. The normalized spacial score (nSPS) is 11.3. The minimum Gasteiger partial charge on any atom is -0.490 e. The van der Waals surface area contributed by atoms with Crippen molar-refractivity contribution in [3.63, 3.8) is 0 Å². The molecule has 0 aliphatic rings. The number of carbonyl (C=O) groups excluding carboxylic acids is 1. The maximum atomic E-state index is 13.2. The Morgan fingerprint density at radius 2 is 2.00 bits per heavy atom. The molecule has 0 heterocycles. The third kappa shape index (κ3) is 4.53. The van der Waals surface area contributed by atoms with Gasteiger partial charge in [-0.3, -0.25) is 4.79 Å². The van der Waals surface area contributed by atoms with Crippen LogP contribution >= 0.6 is 0 Å². The number of aldehydes is 1. The van der Waals surface area contributed by atoms with Crippen LogP contribution in [0.3, 0.4) is 0 Å². The lowest BCUT2D eigenvalue weighted by molar-refractivity contribution is -0.0164. The van der Waals surface area contributed by atoms with Crippen molar-refractivity contribution in [2.45, 2.75) is 26.4 Å². The number of hydrogen-bond donors (Lipinski definition) is 0. The fourth-order valence-electron chi connectivity index (χ4n) is 1.26. The van der Waals surface area contributed by atoms with Crippen molar-refractivity contribution in [1.82, 2.24) is 0 Å². The second-order valence-corrected chi connectivity index (χ2v) is 4.58. The van der Waals surface area contributed by atoms with Crippen molar-refractivity contribution in [2.75, 3.05) is 13.2 Å². The molecule has 0 bridgehead atoms. The zero-order valence-corrected chi connectivity index (χ0v) is 10.3. The summed E-state index contributed by atoms with van der Waals surface area (Å²) >= 11 is 0. The van der Waals surface area contributed by atoms with Gasteiger partial charge in [-0.2, -0.15) is 0 Å². The summed E-state index contributed by atoms with van der Waals surface area (Å²) in [6.45, 7) is 6.48. The maximum absolute atomic E-state index is 13.2. The first-order valence-corrected chi connectivity index (χ1v) is 5.44. The van der Waals surface area contributed by atoms with E-state index in [0.29, 0.717) is 12.9 Å². The second-order valence-electron chi connectivity index (χ2n) is 4.58. The summed E-state index contributed by atoms with van der Waals surface area (Å²) < 4.78 is 24.0. The average molecular weight is 240 g/mol. The van der Waals surface area contributed by atoms with Gasteiger partial charge >= 0.3 is 0 Å². The van der Waals surface area contributed by atoms with Gasteiger partial charge in [0.15, 0.2) is 6.29 Å². The molecular weight excluding hydrogens is 223 g/mol. The summed E-state index contributed by atoms with van der Waals surface area (Å²) in [7, 11) is 0. The summed E-state index contributed by atoms with van der Waals surface area (Å²) in [5.41, 5.74) is -0.290. The van der Waals surface area contributed by atoms with Crippen LogP contribution in [0.25, 0.3) is 0 Å². The van der Waals surface area contributed by atoms with Gasteiger partial charge in [0.05, 0.1) is 17.8 Å². The smallest absolute Gasteiger partial charge is 0.156 e. The fourth-order valence-corrected chi connectivity index (χ4v) is 1.26. The molecule has 17 heavy (non-hydrogen) atoms. The molecule has 0 saturated heterocycles. The molecular formula is C13H17FO3. The van der Waals surface area contributed by atoms with Crippen molar-refractivity contribution >= 4 is 6.29 Å². The SMILES string of the molecule is CC(C)(C)OCCOc1cccc(F)c1C=O. The number of rotatable bonds is 5. The first kappa shape index (κ1) is 13.6. The second kappa shape index (κ2) is 5.77. The summed E-state index contributed by atoms with van der Waals surface area (Å²) in [5.74, 6) is -0.327. The van der Waals surface area contributed by atoms with Gasteiger partial charge < -0.3 is 9.47 Å². The van der Waals surface area contributed by atoms with Crippen molar-refractivity contribution < 1.29 is 18.7 Å². The Morgan fingerprint density at radius 3 is 2.59 bits per heavy atom. The zero-order chi connectivity index (χ0) is 12.9. The lowest BCUT2D eigenvalue weighted by atomic mass is 10.2. The van der Waals surface area contributed by atoms with Gasteiger partial charge in [-0.25, -0.2) is 4.39 Å². The van der Waals surface area contributed by atoms with Crippen LogP contribution in [0, 0.1) is 5.82 Å². The van der Waals surface area contributed by atoms with E-state index in [2.05, 4.69) is 0 Å². The van der Waals surface area contributed by atoms with Gasteiger partial charge in [0.2, 0.25) is 0 Å². The molecule has 0 aliphatic carbocycles. The highest BCUT2D eigenvalue weighted by molar-refractivity contribution is 5.79. The Kier molecular flexibility index (Phi) is 4.63. The van der Waals surface area contributed by atoms with E-state index >= 15 is 0 Å². The highest BCUT2D eigenvalue weighted by Gasteiger charge is 2.11. The molecule has 1 aromatic rings. The molecule has 3 nitrogen and oxygen atoms in total. The van der Waals surface area contributed by atoms with Gasteiger partial charge in [0.25, 0.3) is 0 Å². The van der Waals surface area contributed by atoms with Gasteiger partial charge in [-0.15, -0.1) is 0 Å². The lowest BCUT2D eigenvalue weighted by Crippen LogP contribution is -2.22. The van der Waals surface area contributed by atoms with E-state index in [-0.39, 0.29) is 23.5 Å². The van der Waals surface area contributed by atoms with Crippen LogP contribution in [0.1, 0.15) is 31.1 Å². The molecule has 4 heteroatoms. The lowest BCUT2D eigenvalue weighted by Gasteiger charge is -2.19. The van der Waals surface area contributed by atoms with Crippen molar-refractivity contribution in [3.8, 4) is 5.75 Å². The molecule has 0 amide bonds. The Morgan fingerprint density at radius 1 is 1.29 bits per heavy atom. The van der Waals surface area contributed by atoms with Gasteiger partial charge in [-0.05, 0) is 32.9 Å². The quantitative estimate of drug-likeness (QED) is 0.586. The number of ether oxygens (including phenoxy) is 2.